The molecule has 0 aliphatic heterocycles. The largest absolute Gasteiger partial charge is 0.398 e. The molecule has 18 heavy (non-hydrogen) atoms. The van der Waals surface area contributed by atoms with E-state index in [1.54, 1.807) is 0 Å². The highest BCUT2D eigenvalue weighted by Gasteiger charge is 2.15. The van der Waals surface area contributed by atoms with E-state index in [1.807, 2.05) is 0 Å². The zero-order chi connectivity index (χ0) is 13.2. The molecule has 0 bridgehead atoms. The van der Waals surface area contributed by atoms with Crippen molar-refractivity contribution in [3.8, 4) is 0 Å². The molecule has 0 amide bonds. The van der Waals surface area contributed by atoms with Gasteiger partial charge in [-0.05, 0) is 18.2 Å². The number of nitrogens with two attached hydrogens (primary N) is 1. The molecule has 0 spiro atoms. The third kappa shape index (κ3) is 2.78. The van der Waals surface area contributed by atoms with Crippen molar-refractivity contribution in [3.05, 3.63) is 35.4 Å². The van der Waals surface area contributed by atoms with Crippen molar-refractivity contribution in [3.63, 3.8) is 0 Å². The molecule has 0 unspecified atom stereocenters. The van der Waals surface area contributed by atoms with Crippen molar-refractivity contribution in [1.29, 1.82) is 0 Å². The van der Waals surface area contributed by atoms with E-state index in [0.717, 1.165) is 0 Å². The summed E-state index contributed by atoms with van der Waals surface area (Å²) in [5.41, 5.74) is 5.84. The Hall–Kier alpha value is -1.64. The summed E-state index contributed by atoms with van der Waals surface area (Å²) in [5, 5.41) is 6.35. The van der Waals surface area contributed by atoms with E-state index in [4.69, 9.17) is 17.3 Å². The number of aromatic amines is 1. The third-order valence-corrected chi connectivity index (χ3v) is 3.90. The number of rotatable bonds is 4. The fraction of sp³-hybridized carbons (Fsp3) is 0.111. The summed E-state index contributed by atoms with van der Waals surface area (Å²) in [5.74, 6) is 0.417. The molecule has 1 aromatic carbocycles. The maximum absolute atomic E-state index is 11.9. The number of sulfonamides is 1. The molecule has 7 nitrogen and oxygen atoms in total. The first kappa shape index (κ1) is 12.8. The fourth-order valence-electron chi connectivity index (χ4n) is 1.24. The number of hydrogen-bond donors (Lipinski definition) is 3. The SMILES string of the molecule is Nc1ccc(S(=O)(=O)NCc2ncn[nH]2)cc1Cl. The number of H-pyrrole nitrogens is 1. The van der Waals surface area contributed by atoms with Crippen LogP contribution in [-0.4, -0.2) is 23.6 Å². The quantitative estimate of drug-likeness (QED) is 0.709. The van der Waals surface area contributed by atoms with Gasteiger partial charge in [-0.1, -0.05) is 11.6 Å². The molecule has 96 valence electrons. The monoisotopic (exact) mass is 287 g/mol. The van der Waals surface area contributed by atoms with E-state index in [0.29, 0.717) is 11.5 Å². The molecule has 0 aliphatic carbocycles. The summed E-state index contributed by atoms with van der Waals surface area (Å²) in [6.45, 7) is 0.0182. The number of hydrogen-bond acceptors (Lipinski definition) is 5. The molecular formula is C9H10ClN5O2S. The van der Waals surface area contributed by atoms with E-state index < -0.39 is 10.0 Å². The lowest BCUT2D eigenvalue weighted by molar-refractivity contribution is 0.579. The molecular weight excluding hydrogens is 278 g/mol. The van der Waals surface area contributed by atoms with Crippen molar-refractivity contribution < 1.29 is 8.42 Å². The Morgan fingerprint density at radius 2 is 2.22 bits per heavy atom. The second-order valence-corrected chi connectivity index (χ2v) is 5.61. The van der Waals surface area contributed by atoms with Gasteiger partial charge in [0.15, 0.2) is 0 Å². The smallest absolute Gasteiger partial charge is 0.241 e. The van der Waals surface area contributed by atoms with Gasteiger partial charge in [-0.2, -0.15) is 5.10 Å². The van der Waals surface area contributed by atoms with Crippen LogP contribution < -0.4 is 10.5 Å². The maximum Gasteiger partial charge on any atom is 0.241 e. The van der Waals surface area contributed by atoms with Gasteiger partial charge >= 0.3 is 0 Å². The van der Waals surface area contributed by atoms with Gasteiger partial charge in [-0.25, -0.2) is 18.1 Å². The highest BCUT2D eigenvalue weighted by molar-refractivity contribution is 7.89. The van der Waals surface area contributed by atoms with Crippen molar-refractivity contribution in [2.75, 3.05) is 5.73 Å². The number of nitrogens with one attached hydrogen (secondary N) is 2. The van der Waals surface area contributed by atoms with E-state index in [9.17, 15) is 8.42 Å². The minimum atomic E-state index is -3.65. The number of nitrogen functional groups attached to an aromatic ring is 1. The molecule has 1 heterocycles. The molecule has 0 atom stereocenters. The Kier molecular flexibility index (Phi) is 3.50. The van der Waals surface area contributed by atoms with Crippen LogP contribution in [0.5, 0.6) is 0 Å². The van der Waals surface area contributed by atoms with E-state index >= 15 is 0 Å². The highest BCUT2D eigenvalue weighted by atomic mass is 35.5. The molecule has 0 fully saturated rings. The average molecular weight is 288 g/mol. The minimum absolute atomic E-state index is 0.0182. The first-order valence-corrected chi connectivity index (χ1v) is 6.74. The highest BCUT2D eigenvalue weighted by Crippen LogP contribution is 2.22. The van der Waals surface area contributed by atoms with Gasteiger partial charge in [0, 0.05) is 0 Å². The molecule has 4 N–H and O–H groups in total. The van der Waals surface area contributed by atoms with Gasteiger partial charge in [-0.15, -0.1) is 0 Å². The van der Waals surface area contributed by atoms with Gasteiger partial charge in [0.1, 0.15) is 12.2 Å². The van der Waals surface area contributed by atoms with Crippen molar-refractivity contribution in [2.24, 2.45) is 0 Å². The van der Waals surface area contributed by atoms with Crippen LogP contribution in [-0.2, 0) is 16.6 Å². The Morgan fingerprint density at radius 1 is 1.44 bits per heavy atom. The number of nitrogens with zero attached hydrogens (tertiary/aromatic N) is 2. The Labute approximate surface area is 108 Å². The van der Waals surface area contributed by atoms with Gasteiger partial charge in [0.2, 0.25) is 10.0 Å². The zero-order valence-corrected chi connectivity index (χ0v) is 10.7. The number of halogens is 1. The fourth-order valence-corrected chi connectivity index (χ4v) is 2.50. The molecule has 0 saturated heterocycles. The summed E-state index contributed by atoms with van der Waals surface area (Å²) < 4.78 is 26.2. The summed E-state index contributed by atoms with van der Waals surface area (Å²) in [4.78, 5) is 3.85. The standard InChI is InChI=1S/C9H10ClN5O2S/c10-7-3-6(1-2-8(7)11)18(16,17)14-4-9-12-5-13-15-9/h1-3,5,14H,4,11H2,(H,12,13,15). The molecule has 0 saturated carbocycles. The predicted octanol–water partition coefficient (Wildman–Crippen LogP) is 0.519. The van der Waals surface area contributed by atoms with Crippen LogP contribution in [0.25, 0.3) is 0 Å². The van der Waals surface area contributed by atoms with Crippen LogP contribution in [0.1, 0.15) is 5.82 Å². The first-order chi connectivity index (χ1) is 8.49. The Bertz CT molecular complexity index is 641. The molecule has 1 aromatic heterocycles. The molecule has 0 radical (unpaired) electrons. The lowest BCUT2D eigenvalue weighted by atomic mass is 10.3. The van der Waals surface area contributed by atoms with E-state index in [2.05, 4.69) is 19.9 Å². The van der Waals surface area contributed by atoms with Gasteiger partial charge < -0.3 is 5.73 Å². The third-order valence-electron chi connectivity index (χ3n) is 2.18. The predicted molar refractivity (Wildman–Crippen MR) is 66.3 cm³/mol. The first-order valence-electron chi connectivity index (χ1n) is 4.88. The second-order valence-electron chi connectivity index (χ2n) is 3.44. The average Bonchev–Trinajstić information content (AvgIpc) is 2.83. The summed E-state index contributed by atoms with van der Waals surface area (Å²) in [6.07, 6.45) is 1.30. The van der Waals surface area contributed by atoms with E-state index in [-0.39, 0.29) is 16.5 Å². The summed E-state index contributed by atoms with van der Waals surface area (Å²) in [6, 6.07) is 4.11. The lowest BCUT2D eigenvalue weighted by Crippen LogP contribution is -2.23. The Balaban J connectivity index is 2.17. The van der Waals surface area contributed by atoms with Crippen molar-refractivity contribution in [2.45, 2.75) is 11.4 Å². The topological polar surface area (TPSA) is 114 Å². The number of aromatic nitrogens is 3. The van der Waals surface area contributed by atoms with Crippen LogP contribution in [0.15, 0.2) is 29.4 Å². The molecule has 9 heteroatoms. The van der Waals surface area contributed by atoms with Crippen LogP contribution in [0.2, 0.25) is 5.02 Å². The van der Waals surface area contributed by atoms with Crippen LogP contribution in [0.4, 0.5) is 5.69 Å². The Morgan fingerprint density at radius 3 is 2.83 bits per heavy atom. The summed E-state index contributed by atoms with van der Waals surface area (Å²) in [7, 11) is -3.65. The van der Waals surface area contributed by atoms with E-state index in [1.165, 1.54) is 24.5 Å². The van der Waals surface area contributed by atoms with Crippen molar-refractivity contribution in [1.82, 2.24) is 19.9 Å². The number of anilines is 1. The maximum atomic E-state index is 11.9. The van der Waals surface area contributed by atoms with Crippen LogP contribution >= 0.6 is 11.6 Å². The summed E-state index contributed by atoms with van der Waals surface area (Å²) >= 11 is 5.77. The van der Waals surface area contributed by atoms with Gasteiger partial charge in [-0.3, -0.25) is 5.10 Å². The minimum Gasteiger partial charge on any atom is -0.398 e. The van der Waals surface area contributed by atoms with Gasteiger partial charge in [0.05, 0.1) is 22.2 Å². The van der Waals surface area contributed by atoms with Gasteiger partial charge in [0.25, 0.3) is 0 Å². The van der Waals surface area contributed by atoms with Crippen LogP contribution in [0, 0.1) is 0 Å². The molecule has 0 aliphatic rings. The normalized spacial score (nSPS) is 11.6. The zero-order valence-electron chi connectivity index (χ0n) is 9.09. The number of benzene rings is 1. The molecule has 2 rings (SSSR count). The second kappa shape index (κ2) is 4.92. The molecule has 2 aromatic rings. The van der Waals surface area contributed by atoms with Crippen LogP contribution in [0.3, 0.4) is 0 Å². The lowest BCUT2D eigenvalue weighted by Gasteiger charge is -2.06. The van der Waals surface area contributed by atoms with Crippen molar-refractivity contribution >= 4 is 27.3 Å².